The number of aryl methyl sites for hydroxylation is 1. The van der Waals surface area contributed by atoms with Gasteiger partial charge in [0.05, 0.1) is 29.2 Å². The van der Waals surface area contributed by atoms with Gasteiger partial charge in [0.15, 0.2) is 5.84 Å². The summed E-state index contributed by atoms with van der Waals surface area (Å²) in [7, 11) is 1.42. The van der Waals surface area contributed by atoms with Crippen molar-refractivity contribution >= 4 is 45.5 Å². The van der Waals surface area contributed by atoms with Crippen LogP contribution in [0.3, 0.4) is 0 Å². The number of benzene rings is 2. The van der Waals surface area contributed by atoms with Crippen molar-refractivity contribution < 1.29 is 23.6 Å². The lowest BCUT2D eigenvalue weighted by Gasteiger charge is -2.19. The number of nitro groups is 1. The fourth-order valence-electron chi connectivity index (χ4n) is 3.66. The Kier molecular flexibility index (Phi) is 6.32. The minimum absolute atomic E-state index is 0.0286. The molecule has 12 heteroatoms. The number of aliphatic imine (C=N–C) groups is 1. The fourth-order valence-corrected chi connectivity index (χ4v) is 4.45. The Morgan fingerprint density at radius 2 is 2.03 bits per heavy atom. The fraction of sp³-hybridized carbons (Fsp3) is 0.120. The van der Waals surface area contributed by atoms with Crippen LogP contribution in [0.25, 0.3) is 17.4 Å². The number of thioether (sulfide) groups is 1. The third kappa shape index (κ3) is 4.86. The topological polar surface area (TPSA) is 144 Å². The lowest BCUT2D eigenvalue weighted by molar-refractivity contribution is -0.384. The average molecular weight is 518 g/mol. The van der Waals surface area contributed by atoms with E-state index in [-0.39, 0.29) is 46.0 Å². The van der Waals surface area contributed by atoms with Gasteiger partial charge >= 0.3 is 0 Å². The van der Waals surface area contributed by atoms with Crippen molar-refractivity contribution in [2.75, 3.05) is 13.7 Å². The van der Waals surface area contributed by atoms with Crippen LogP contribution in [0.1, 0.15) is 11.3 Å². The quantitative estimate of drug-likeness (QED) is 0.266. The van der Waals surface area contributed by atoms with E-state index in [1.165, 1.54) is 30.3 Å². The van der Waals surface area contributed by atoms with Gasteiger partial charge in [-0.15, -0.1) is 0 Å². The number of amidine groups is 2. The van der Waals surface area contributed by atoms with E-state index in [2.05, 4.69) is 10.1 Å². The maximum atomic E-state index is 12.7. The lowest BCUT2D eigenvalue weighted by atomic mass is 10.1. The zero-order valence-corrected chi connectivity index (χ0v) is 20.4. The molecule has 3 heterocycles. The van der Waals surface area contributed by atoms with Crippen LogP contribution in [0, 0.1) is 22.4 Å². The number of hydrazone groups is 1. The Morgan fingerprint density at radius 1 is 1.19 bits per heavy atom. The zero-order valence-electron chi connectivity index (χ0n) is 19.6. The van der Waals surface area contributed by atoms with Crippen molar-refractivity contribution in [1.29, 1.82) is 5.41 Å². The molecule has 5 rings (SSSR count). The highest BCUT2D eigenvalue weighted by atomic mass is 32.2. The Labute approximate surface area is 214 Å². The second-order valence-corrected chi connectivity index (χ2v) is 9.00. The molecule has 37 heavy (non-hydrogen) atoms. The van der Waals surface area contributed by atoms with E-state index in [0.29, 0.717) is 16.5 Å². The molecule has 0 unspecified atom stereocenters. The smallest absolute Gasteiger partial charge is 0.284 e. The first-order valence-corrected chi connectivity index (χ1v) is 11.8. The number of nitro benzene ring substituents is 1. The number of hydrogen-bond donors (Lipinski definition) is 1. The third-order valence-corrected chi connectivity index (χ3v) is 6.31. The first-order valence-electron chi connectivity index (χ1n) is 10.9. The van der Waals surface area contributed by atoms with Gasteiger partial charge in [0.2, 0.25) is 5.17 Å². The van der Waals surface area contributed by atoms with E-state index >= 15 is 0 Å². The van der Waals surface area contributed by atoms with Crippen molar-refractivity contribution in [3.8, 4) is 22.8 Å². The van der Waals surface area contributed by atoms with Gasteiger partial charge in [0.25, 0.3) is 11.6 Å². The van der Waals surface area contributed by atoms with Crippen molar-refractivity contribution in [2.24, 2.45) is 10.1 Å². The van der Waals surface area contributed by atoms with E-state index in [0.717, 1.165) is 17.3 Å². The lowest BCUT2D eigenvalue weighted by Crippen LogP contribution is -2.35. The summed E-state index contributed by atoms with van der Waals surface area (Å²) in [4.78, 5) is 27.8. The summed E-state index contributed by atoms with van der Waals surface area (Å²) in [5, 5.41) is 26.5. The van der Waals surface area contributed by atoms with Gasteiger partial charge in [-0.1, -0.05) is 12.1 Å². The number of furan rings is 1. The molecule has 0 aliphatic carbocycles. The maximum Gasteiger partial charge on any atom is 0.284 e. The van der Waals surface area contributed by atoms with Crippen LogP contribution in [0.5, 0.6) is 11.5 Å². The molecule has 0 radical (unpaired) electrons. The molecule has 2 aliphatic heterocycles. The van der Waals surface area contributed by atoms with Crippen molar-refractivity contribution in [2.45, 2.75) is 6.92 Å². The highest BCUT2D eigenvalue weighted by Crippen LogP contribution is 2.35. The van der Waals surface area contributed by atoms with Gasteiger partial charge in [0.1, 0.15) is 34.7 Å². The molecule has 186 valence electrons. The first kappa shape index (κ1) is 24.0. The number of carbonyl (C=O) groups excluding carboxylic acids is 1. The summed E-state index contributed by atoms with van der Waals surface area (Å²) in [6.45, 7) is 2.12. The molecule has 0 saturated heterocycles. The Bertz CT molecular complexity index is 1540. The van der Waals surface area contributed by atoms with E-state index in [4.69, 9.17) is 19.3 Å². The van der Waals surface area contributed by atoms with Crippen LogP contribution in [0.15, 0.2) is 74.7 Å². The summed E-state index contributed by atoms with van der Waals surface area (Å²) in [6.07, 6.45) is 1.37. The maximum absolute atomic E-state index is 12.7. The molecule has 2 aromatic carbocycles. The van der Waals surface area contributed by atoms with Crippen molar-refractivity contribution in [3.05, 3.63) is 81.6 Å². The molecule has 3 aromatic rings. The second kappa shape index (κ2) is 9.74. The normalized spacial score (nSPS) is 15.9. The number of nitrogens with zero attached hydrogens (tertiary/aromatic N) is 4. The van der Waals surface area contributed by atoms with Crippen LogP contribution in [0.4, 0.5) is 5.69 Å². The molecule has 0 atom stereocenters. The second-order valence-electron chi connectivity index (χ2n) is 7.96. The standard InChI is InChI=1S/C25H19N5O6S/c1-14-4-3-5-16(10-14)35-13-22-28-29-23(26)19(24(31)27-25(29)37-22)11-17-7-9-21(36-17)18-8-6-15(34-2)12-20(18)30(32)33/h3-12,26H,13H2,1-2H3/b19-11-,26-23?. The summed E-state index contributed by atoms with van der Waals surface area (Å²) < 4.78 is 16.6. The van der Waals surface area contributed by atoms with E-state index in [1.807, 2.05) is 31.2 Å². The molecule has 1 amide bonds. The monoisotopic (exact) mass is 517 g/mol. The first-order chi connectivity index (χ1) is 17.8. The number of ether oxygens (including phenoxy) is 2. The molecule has 0 bridgehead atoms. The number of hydrogen-bond acceptors (Lipinski definition) is 9. The average Bonchev–Trinajstić information content (AvgIpc) is 3.52. The van der Waals surface area contributed by atoms with E-state index < -0.39 is 10.8 Å². The largest absolute Gasteiger partial charge is 0.497 e. The number of fused-ring (bicyclic) bond motifs is 1. The van der Waals surface area contributed by atoms with Crippen LogP contribution in [0.2, 0.25) is 0 Å². The minimum Gasteiger partial charge on any atom is -0.497 e. The third-order valence-electron chi connectivity index (χ3n) is 5.43. The molecule has 11 nitrogen and oxygen atoms in total. The van der Waals surface area contributed by atoms with Crippen molar-refractivity contribution in [1.82, 2.24) is 5.01 Å². The van der Waals surface area contributed by atoms with Gasteiger partial charge < -0.3 is 13.9 Å². The Balaban J connectivity index is 1.36. The van der Waals surface area contributed by atoms with Crippen molar-refractivity contribution in [3.63, 3.8) is 0 Å². The number of amides is 1. The van der Waals surface area contributed by atoms with Gasteiger partial charge in [-0.3, -0.25) is 20.3 Å². The minimum atomic E-state index is -0.617. The zero-order chi connectivity index (χ0) is 26.1. The molecular weight excluding hydrogens is 498 g/mol. The van der Waals surface area contributed by atoms with E-state index in [9.17, 15) is 14.9 Å². The molecule has 1 N–H and O–H groups in total. The summed E-state index contributed by atoms with van der Waals surface area (Å²) in [5.41, 5.74) is 1.09. The predicted octanol–water partition coefficient (Wildman–Crippen LogP) is 4.87. The summed E-state index contributed by atoms with van der Waals surface area (Å²) in [5.74, 6) is 0.699. The molecular formula is C25H19N5O6S. The number of nitrogens with one attached hydrogen (secondary N) is 1. The molecule has 0 saturated carbocycles. The van der Waals surface area contributed by atoms with Crippen LogP contribution in [-0.4, -0.2) is 45.6 Å². The summed E-state index contributed by atoms with van der Waals surface area (Å²) in [6, 6.07) is 15.1. The molecule has 0 fully saturated rings. The van der Waals surface area contributed by atoms with Gasteiger partial charge in [-0.2, -0.15) is 15.1 Å². The Hall–Kier alpha value is -4.71. The highest BCUT2D eigenvalue weighted by molar-refractivity contribution is 8.27. The van der Waals surface area contributed by atoms with Crippen LogP contribution < -0.4 is 9.47 Å². The van der Waals surface area contributed by atoms with Gasteiger partial charge in [-0.25, -0.2) is 0 Å². The Morgan fingerprint density at radius 3 is 2.78 bits per heavy atom. The SMILES string of the molecule is COc1ccc(-c2ccc(/C=C3/C(=N)N4N=C(COc5cccc(C)c5)SC4=NC3=O)o2)c([N+](=O)[O-])c1. The molecule has 2 aliphatic rings. The molecule has 1 aromatic heterocycles. The predicted molar refractivity (Wildman–Crippen MR) is 139 cm³/mol. The molecule has 0 spiro atoms. The highest BCUT2D eigenvalue weighted by Gasteiger charge is 2.36. The van der Waals surface area contributed by atoms with E-state index in [1.54, 1.807) is 18.2 Å². The number of carbonyl (C=O) groups is 1. The van der Waals surface area contributed by atoms with Crippen LogP contribution in [-0.2, 0) is 4.79 Å². The number of rotatable bonds is 7. The van der Waals surface area contributed by atoms with Crippen LogP contribution >= 0.6 is 11.8 Å². The number of methoxy groups -OCH3 is 1. The summed E-state index contributed by atoms with van der Waals surface area (Å²) >= 11 is 1.16. The van der Waals surface area contributed by atoms with Gasteiger partial charge in [-0.05, 0) is 66.7 Å². The van der Waals surface area contributed by atoms with Gasteiger partial charge in [0, 0.05) is 0 Å².